The maximum Gasteiger partial charge on any atom is 0.155 e. The van der Waals surface area contributed by atoms with Gasteiger partial charge < -0.3 is 0 Å². The molecule has 1 atom stereocenters. The lowest BCUT2D eigenvalue weighted by atomic mass is 9.95. The molecule has 1 nitrogen and oxygen atoms in total. The molecule has 0 spiro atoms. The third kappa shape index (κ3) is 8.49. The second-order valence-electron chi connectivity index (χ2n) is 5.36. The monoisotopic (exact) mass is 252 g/mol. The highest BCUT2D eigenvalue weighted by Gasteiger charge is 2.07. The summed E-state index contributed by atoms with van der Waals surface area (Å²) in [6.07, 6.45) is 13.0. The third-order valence-electron chi connectivity index (χ3n) is 3.96. The molecule has 0 saturated carbocycles. The van der Waals surface area contributed by atoms with Crippen molar-refractivity contribution in [2.45, 2.75) is 79.1 Å². The number of carbonyl (C=O) groups is 1. The fourth-order valence-corrected chi connectivity index (χ4v) is 2.27. The summed E-state index contributed by atoms with van der Waals surface area (Å²) in [5, 5.41) is 0. The first-order valence-electron chi connectivity index (χ1n) is 7.88. The number of allylic oxidation sites excluding steroid dienone is 2. The number of hydrogen-bond donors (Lipinski definition) is 0. The Bertz CT molecular complexity index is 226. The lowest BCUT2D eigenvalue weighted by Crippen LogP contribution is -2.02. The number of unbranched alkanes of at least 4 members (excludes halogenated alkanes) is 1. The molecule has 0 aromatic rings. The SMILES string of the molecule is CCCCC(/C=C\C(=O)CCC(CC)CC)CC. The lowest BCUT2D eigenvalue weighted by Gasteiger charge is -2.10. The summed E-state index contributed by atoms with van der Waals surface area (Å²) < 4.78 is 0. The molecule has 0 rings (SSSR count). The Hall–Kier alpha value is -0.590. The van der Waals surface area contributed by atoms with E-state index in [4.69, 9.17) is 0 Å². The minimum atomic E-state index is 0.317. The molecule has 0 radical (unpaired) electrons. The molecule has 0 aromatic heterocycles. The molecule has 18 heavy (non-hydrogen) atoms. The van der Waals surface area contributed by atoms with Crippen LogP contribution in [0.3, 0.4) is 0 Å². The predicted molar refractivity (Wildman–Crippen MR) is 80.8 cm³/mol. The first-order chi connectivity index (χ1) is 8.67. The molecule has 0 aromatic carbocycles. The van der Waals surface area contributed by atoms with Crippen molar-refractivity contribution in [1.82, 2.24) is 0 Å². The zero-order chi connectivity index (χ0) is 13.8. The van der Waals surface area contributed by atoms with Crippen molar-refractivity contribution < 1.29 is 4.79 Å². The van der Waals surface area contributed by atoms with E-state index in [2.05, 4.69) is 33.8 Å². The average molecular weight is 252 g/mol. The molecular weight excluding hydrogens is 220 g/mol. The van der Waals surface area contributed by atoms with Gasteiger partial charge in [0.25, 0.3) is 0 Å². The first-order valence-corrected chi connectivity index (χ1v) is 7.88. The van der Waals surface area contributed by atoms with E-state index in [0.29, 0.717) is 11.7 Å². The molecule has 0 saturated heterocycles. The van der Waals surface area contributed by atoms with E-state index in [0.717, 1.165) is 25.2 Å². The largest absolute Gasteiger partial charge is 0.295 e. The standard InChI is InChI=1S/C17H32O/c1-5-9-10-16(8-4)12-14-17(18)13-11-15(6-2)7-3/h12,14-16H,5-11,13H2,1-4H3/b14-12-. The maximum absolute atomic E-state index is 11.8. The quantitative estimate of drug-likeness (QED) is 0.441. The average Bonchev–Trinajstić information content (AvgIpc) is 2.40. The van der Waals surface area contributed by atoms with Gasteiger partial charge in [-0.3, -0.25) is 4.79 Å². The minimum absolute atomic E-state index is 0.317. The molecule has 0 fully saturated rings. The molecule has 0 amide bonds. The molecule has 1 unspecified atom stereocenters. The Morgan fingerprint density at radius 1 is 1.00 bits per heavy atom. The van der Waals surface area contributed by atoms with Crippen molar-refractivity contribution in [2.75, 3.05) is 0 Å². The molecule has 0 heterocycles. The van der Waals surface area contributed by atoms with Crippen LogP contribution in [-0.2, 0) is 4.79 Å². The Morgan fingerprint density at radius 3 is 2.17 bits per heavy atom. The highest BCUT2D eigenvalue weighted by Crippen LogP contribution is 2.16. The highest BCUT2D eigenvalue weighted by molar-refractivity contribution is 5.89. The van der Waals surface area contributed by atoms with Gasteiger partial charge in [-0.05, 0) is 37.2 Å². The van der Waals surface area contributed by atoms with Gasteiger partial charge in [-0.25, -0.2) is 0 Å². The summed E-state index contributed by atoms with van der Waals surface area (Å²) >= 11 is 0. The van der Waals surface area contributed by atoms with Crippen LogP contribution >= 0.6 is 0 Å². The Kier molecular flexibility index (Phi) is 11.1. The summed E-state index contributed by atoms with van der Waals surface area (Å²) in [5.41, 5.74) is 0. The van der Waals surface area contributed by atoms with Crippen LogP contribution < -0.4 is 0 Å². The van der Waals surface area contributed by atoms with E-state index >= 15 is 0 Å². The van der Waals surface area contributed by atoms with Gasteiger partial charge in [0.05, 0.1) is 0 Å². The zero-order valence-corrected chi connectivity index (χ0v) is 12.9. The van der Waals surface area contributed by atoms with Crippen LogP contribution in [0.2, 0.25) is 0 Å². The van der Waals surface area contributed by atoms with Gasteiger partial charge in [0.2, 0.25) is 0 Å². The molecule has 1 heteroatoms. The fourth-order valence-electron chi connectivity index (χ4n) is 2.27. The molecule has 0 aliphatic heterocycles. The van der Waals surface area contributed by atoms with Crippen LogP contribution in [0.25, 0.3) is 0 Å². The molecule has 0 N–H and O–H groups in total. The fraction of sp³-hybridized carbons (Fsp3) is 0.824. The molecule has 0 aliphatic carbocycles. The summed E-state index contributed by atoms with van der Waals surface area (Å²) in [5.74, 6) is 1.64. The second-order valence-corrected chi connectivity index (χ2v) is 5.36. The van der Waals surface area contributed by atoms with Gasteiger partial charge in [0, 0.05) is 6.42 Å². The van der Waals surface area contributed by atoms with Crippen LogP contribution in [0.5, 0.6) is 0 Å². The summed E-state index contributed by atoms with van der Waals surface area (Å²) in [6.45, 7) is 8.86. The van der Waals surface area contributed by atoms with Gasteiger partial charge in [-0.2, -0.15) is 0 Å². The van der Waals surface area contributed by atoms with Crippen molar-refractivity contribution in [3.05, 3.63) is 12.2 Å². The van der Waals surface area contributed by atoms with E-state index in [1.54, 1.807) is 0 Å². The predicted octanol–water partition coefficient (Wildman–Crippen LogP) is 5.54. The Morgan fingerprint density at radius 2 is 1.67 bits per heavy atom. The first kappa shape index (κ1) is 17.4. The minimum Gasteiger partial charge on any atom is -0.295 e. The van der Waals surface area contributed by atoms with E-state index < -0.39 is 0 Å². The topological polar surface area (TPSA) is 17.1 Å². The van der Waals surface area contributed by atoms with Crippen LogP contribution in [0.15, 0.2) is 12.2 Å². The van der Waals surface area contributed by atoms with Gasteiger partial charge in [0.15, 0.2) is 5.78 Å². The molecule has 106 valence electrons. The van der Waals surface area contributed by atoms with Crippen LogP contribution in [-0.4, -0.2) is 5.78 Å². The van der Waals surface area contributed by atoms with Crippen molar-refractivity contribution in [3.63, 3.8) is 0 Å². The van der Waals surface area contributed by atoms with Crippen LogP contribution in [0.1, 0.15) is 79.1 Å². The third-order valence-corrected chi connectivity index (χ3v) is 3.96. The van der Waals surface area contributed by atoms with Crippen molar-refractivity contribution >= 4 is 5.78 Å². The molecule has 0 bridgehead atoms. The highest BCUT2D eigenvalue weighted by atomic mass is 16.1. The summed E-state index contributed by atoms with van der Waals surface area (Å²) in [4.78, 5) is 11.8. The number of carbonyl (C=O) groups excluding carboxylic acids is 1. The zero-order valence-electron chi connectivity index (χ0n) is 12.9. The Labute approximate surface area is 114 Å². The van der Waals surface area contributed by atoms with Gasteiger partial charge in [0.1, 0.15) is 0 Å². The van der Waals surface area contributed by atoms with E-state index in [1.807, 2.05) is 6.08 Å². The van der Waals surface area contributed by atoms with Gasteiger partial charge in [-0.1, -0.05) is 59.5 Å². The lowest BCUT2D eigenvalue weighted by molar-refractivity contribution is -0.114. The number of hydrogen-bond acceptors (Lipinski definition) is 1. The number of ketones is 1. The van der Waals surface area contributed by atoms with Crippen molar-refractivity contribution in [1.29, 1.82) is 0 Å². The van der Waals surface area contributed by atoms with Crippen LogP contribution in [0, 0.1) is 11.8 Å². The Balaban J connectivity index is 3.96. The van der Waals surface area contributed by atoms with Crippen molar-refractivity contribution in [2.24, 2.45) is 11.8 Å². The summed E-state index contributed by atoms with van der Waals surface area (Å²) in [7, 11) is 0. The van der Waals surface area contributed by atoms with Gasteiger partial charge in [-0.15, -0.1) is 0 Å². The van der Waals surface area contributed by atoms with E-state index in [9.17, 15) is 4.79 Å². The number of rotatable bonds is 11. The normalized spacial score (nSPS) is 13.4. The molecular formula is C17H32O. The van der Waals surface area contributed by atoms with E-state index in [1.165, 1.54) is 32.1 Å². The second kappa shape index (κ2) is 11.5. The molecule has 0 aliphatic rings. The maximum atomic E-state index is 11.8. The summed E-state index contributed by atoms with van der Waals surface area (Å²) in [6, 6.07) is 0. The van der Waals surface area contributed by atoms with Gasteiger partial charge >= 0.3 is 0 Å². The van der Waals surface area contributed by atoms with E-state index in [-0.39, 0.29) is 0 Å². The van der Waals surface area contributed by atoms with Crippen LogP contribution in [0.4, 0.5) is 0 Å². The smallest absolute Gasteiger partial charge is 0.155 e. The van der Waals surface area contributed by atoms with Crippen molar-refractivity contribution in [3.8, 4) is 0 Å².